The number of furan rings is 1. The van der Waals surface area contributed by atoms with E-state index in [1.165, 1.54) is 5.56 Å². The highest BCUT2D eigenvalue weighted by Gasteiger charge is 2.20. The lowest BCUT2D eigenvalue weighted by Crippen LogP contribution is -2.28. The normalized spacial score (nSPS) is 10.9. The lowest BCUT2D eigenvalue weighted by molar-refractivity contribution is 0.0944. The third kappa shape index (κ3) is 6.71. The Hall–Kier alpha value is -3.55. The van der Waals surface area contributed by atoms with Crippen molar-refractivity contribution in [1.82, 2.24) is 15.1 Å². The van der Waals surface area contributed by atoms with Gasteiger partial charge in [0, 0.05) is 19.3 Å². The number of amides is 2. The van der Waals surface area contributed by atoms with Crippen LogP contribution in [0.2, 0.25) is 0 Å². The first kappa shape index (κ1) is 24.1. The van der Waals surface area contributed by atoms with Gasteiger partial charge in [-0.2, -0.15) is 5.10 Å². The molecule has 33 heavy (non-hydrogen) atoms. The zero-order chi connectivity index (χ0) is 23.8. The third-order valence-electron chi connectivity index (χ3n) is 4.95. The number of nitrogens with zero attached hydrogens (tertiary/aromatic N) is 2. The summed E-state index contributed by atoms with van der Waals surface area (Å²) >= 11 is 0. The Bertz CT molecular complexity index is 1070. The largest absolute Gasteiger partial charge is 0.486 e. The minimum absolute atomic E-state index is 0.129. The molecule has 0 saturated carbocycles. The van der Waals surface area contributed by atoms with Gasteiger partial charge in [0.25, 0.3) is 11.8 Å². The highest BCUT2D eigenvalue weighted by atomic mass is 16.5. The maximum Gasteiger partial charge on any atom is 0.291 e. The highest BCUT2D eigenvalue weighted by molar-refractivity contribution is 6.07. The van der Waals surface area contributed by atoms with Crippen molar-refractivity contribution in [2.24, 2.45) is 5.92 Å². The molecule has 0 unspecified atom stereocenters. The number of hydrogen-bond donors (Lipinski definition) is 2. The van der Waals surface area contributed by atoms with Crippen LogP contribution >= 0.6 is 0 Å². The topological polar surface area (TPSA) is 98.4 Å². The van der Waals surface area contributed by atoms with E-state index in [1.807, 2.05) is 45.0 Å². The SMILES string of the molecule is CCCc1ccc(OCc2ccc(C(=O)Nc3cn(CC)nc3C(=O)NCC(C)C)o2)cc1. The Kier molecular flexibility index (Phi) is 8.29. The zero-order valence-corrected chi connectivity index (χ0v) is 19.7. The summed E-state index contributed by atoms with van der Waals surface area (Å²) in [7, 11) is 0. The molecule has 0 radical (unpaired) electrons. The summed E-state index contributed by atoms with van der Waals surface area (Å²) in [6.07, 6.45) is 3.77. The summed E-state index contributed by atoms with van der Waals surface area (Å²) in [5.41, 5.74) is 1.78. The predicted octanol–water partition coefficient (Wildman–Crippen LogP) is 4.67. The molecule has 1 aromatic carbocycles. The van der Waals surface area contributed by atoms with E-state index >= 15 is 0 Å². The second kappa shape index (κ2) is 11.4. The minimum atomic E-state index is -0.460. The van der Waals surface area contributed by atoms with Gasteiger partial charge in [-0.25, -0.2) is 0 Å². The summed E-state index contributed by atoms with van der Waals surface area (Å²) < 4.78 is 13.0. The van der Waals surface area contributed by atoms with Gasteiger partial charge in [0.1, 0.15) is 18.1 Å². The highest BCUT2D eigenvalue weighted by Crippen LogP contribution is 2.19. The number of carbonyl (C=O) groups excluding carboxylic acids is 2. The van der Waals surface area contributed by atoms with Crippen molar-refractivity contribution in [3.05, 3.63) is 65.4 Å². The van der Waals surface area contributed by atoms with E-state index in [9.17, 15) is 9.59 Å². The zero-order valence-electron chi connectivity index (χ0n) is 19.7. The van der Waals surface area contributed by atoms with Crippen LogP contribution < -0.4 is 15.4 Å². The lowest BCUT2D eigenvalue weighted by Gasteiger charge is -2.07. The number of carbonyl (C=O) groups is 2. The van der Waals surface area contributed by atoms with Crippen LogP contribution in [-0.4, -0.2) is 28.1 Å². The third-order valence-corrected chi connectivity index (χ3v) is 4.95. The minimum Gasteiger partial charge on any atom is -0.486 e. The Morgan fingerprint density at radius 3 is 2.52 bits per heavy atom. The van der Waals surface area contributed by atoms with E-state index in [-0.39, 0.29) is 24.0 Å². The van der Waals surface area contributed by atoms with Gasteiger partial charge in [-0.3, -0.25) is 14.3 Å². The molecule has 0 aliphatic heterocycles. The van der Waals surface area contributed by atoms with Gasteiger partial charge in [0.05, 0.1) is 5.69 Å². The molecule has 0 aliphatic rings. The first-order chi connectivity index (χ1) is 15.9. The standard InChI is InChI=1S/C25H32N4O4/c1-5-7-18-8-10-19(11-9-18)32-16-20-12-13-22(33-20)24(30)27-21-15-29(6-2)28-23(21)25(31)26-14-17(3)4/h8-13,15,17H,5-7,14,16H2,1-4H3,(H,26,31)(H,27,30). The van der Waals surface area contributed by atoms with Crippen LogP contribution in [0.1, 0.15) is 66.5 Å². The molecule has 2 amide bonds. The van der Waals surface area contributed by atoms with Crippen LogP contribution in [0.5, 0.6) is 5.75 Å². The fraction of sp³-hybridized carbons (Fsp3) is 0.400. The van der Waals surface area contributed by atoms with Crippen molar-refractivity contribution in [3.8, 4) is 5.75 Å². The molecule has 2 N–H and O–H groups in total. The van der Waals surface area contributed by atoms with Gasteiger partial charge >= 0.3 is 0 Å². The van der Waals surface area contributed by atoms with E-state index < -0.39 is 5.91 Å². The summed E-state index contributed by atoms with van der Waals surface area (Å²) in [5, 5.41) is 9.85. The van der Waals surface area contributed by atoms with Gasteiger partial charge in [-0.1, -0.05) is 39.3 Å². The Balaban J connectivity index is 1.62. The van der Waals surface area contributed by atoms with E-state index in [1.54, 1.807) is 23.0 Å². The predicted molar refractivity (Wildman–Crippen MR) is 127 cm³/mol. The number of anilines is 1. The van der Waals surface area contributed by atoms with Crippen LogP contribution in [0.3, 0.4) is 0 Å². The summed E-state index contributed by atoms with van der Waals surface area (Å²) in [4.78, 5) is 25.2. The molecule has 0 spiro atoms. The Morgan fingerprint density at radius 1 is 1.09 bits per heavy atom. The summed E-state index contributed by atoms with van der Waals surface area (Å²) in [5.74, 6) is 0.907. The van der Waals surface area contributed by atoms with Gasteiger partial charge < -0.3 is 19.8 Å². The van der Waals surface area contributed by atoms with Crippen molar-refractivity contribution in [1.29, 1.82) is 0 Å². The molecule has 3 rings (SSSR count). The van der Waals surface area contributed by atoms with Gasteiger partial charge in [0.15, 0.2) is 11.5 Å². The number of aryl methyl sites for hydroxylation is 2. The second-order valence-corrected chi connectivity index (χ2v) is 8.25. The second-order valence-electron chi connectivity index (χ2n) is 8.25. The van der Waals surface area contributed by atoms with E-state index in [4.69, 9.17) is 9.15 Å². The molecule has 3 aromatic rings. The van der Waals surface area contributed by atoms with Crippen LogP contribution in [0.15, 0.2) is 47.0 Å². The van der Waals surface area contributed by atoms with Crippen molar-refractivity contribution < 1.29 is 18.7 Å². The maximum atomic E-state index is 12.7. The first-order valence-corrected chi connectivity index (χ1v) is 11.4. The molecular formula is C25H32N4O4. The number of rotatable bonds is 11. The molecule has 0 aliphatic carbocycles. The maximum absolute atomic E-state index is 12.7. The quantitative estimate of drug-likeness (QED) is 0.441. The van der Waals surface area contributed by atoms with Gasteiger partial charge in [0.2, 0.25) is 0 Å². The molecule has 8 heteroatoms. The molecule has 0 bridgehead atoms. The monoisotopic (exact) mass is 452 g/mol. The summed E-state index contributed by atoms with van der Waals surface area (Å²) in [6.45, 7) is 9.37. The van der Waals surface area contributed by atoms with Crippen LogP contribution in [0, 0.1) is 5.92 Å². The fourth-order valence-corrected chi connectivity index (χ4v) is 3.18. The first-order valence-electron chi connectivity index (χ1n) is 11.4. The molecule has 2 heterocycles. The van der Waals surface area contributed by atoms with Crippen molar-refractivity contribution in [3.63, 3.8) is 0 Å². The molecule has 8 nitrogen and oxygen atoms in total. The molecule has 176 valence electrons. The Morgan fingerprint density at radius 2 is 1.85 bits per heavy atom. The molecule has 0 fully saturated rings. The van der Waals surface area contributed by atoms with Crippen LogP contribution in [-0.2, 0) is 19.6 Å². The van der Waals surface area contributed by atoms with E-state index in [0.717, 1.165) is 18.6 Å². The smallest absolute Gasteiger partial charge is 0.291 e. The average molecular weight is 453 g/mol. The number of aromatic nitrogens is 2. The number of nitrogens with one attached hydrogen (secondary N) is 2. The molecule has 0 saturated heterocycles. The molecule has 0 atom stereocenters. The van der Waals surface area contributed by atoms with Crippen molar-refractivity contribution >= 4 is 17.5 Å². The summed E-state index contributed by atoms with van der Waals surface area (Å²) in [6, 6.07) is 11.2. The molecule has 2 aromatic heterocycles. The van der Waals surface area contributed by atoms with E-state index in [2.05, 4.69) is 22.7 Å². The number of benzene rings is 1. The number of ether oxygens (including phenoxy) is 1. The lowest BCUT2D eigenvalue weighted by atomic mass is 10.1. The van der Waals surface area contributed by atoms with Gasteiger partial charge in [-0.05, 0) is 49.1 Å². The van der Waals surface area contributed by atoms with Crippen LogP contribution in [0.4, 0.5) is 5.69 Å². The Labute approximate surface area is 194 Å². The molecular weight excluding hydrogens is 420 g/mol. The van der Waals surface area contributed by atoms with Crippen LogP contribution in [0.25, 0.3) is 0 Å². The number of hydrogen-bond acceptors (Lipinski definition) is 5. The van der Waals surface area contributed by atoms with Gasteiger partial charge in [-0.15, -0.1) is 0 Å². The average Bonchev–Trinajstić information content (AvgIpc) is 3.44. The fourth-order valence-electron chi connectivity index (χ4n) is 3.18. The van der Waals surface area contributed by atoms with Crippen molar-refractivity contribution in [2.75, 3.05) is 11.9 Å². The van der Waals surface area contributed by atoms with E-state index in [0.29, 0.717) is 30.5 Å². The van der Waals surface area contributed by atoms with Crippen molar-refractivity contribution in [2.45, 2.75) is 53.7 Å².